The summed E-state index contributed by atoms with van der Waals surface area (Å²) in [7, 11) is -10.7. The van der Waals surface area contributed by atoms with Gasteiger partial charge in [0.1, 0.15) is 16.3 Å². The molecule has 1 saturated carbocycles. The molecule has 2 aromatic carbocycles. The summed E-state index contributed by atoms with van der Waals surface area (Å²) in [6, 6.07) is 14.5. The van der Waals surface area contributed by atoms with Crippen molar-refractivity contribution >= 4 is 58.8 Å². The highest BCUT2D eigenvalue weighted by Crippen LogP contribution is 2.60. The Morgan fingerprint density at radius 3 is 1.76 bits per heavy atom. The fraction of sp³-hybridized carbons (Fsp3) is 0.273. The van der Waals surface area contributed by atoms with Gasteiger partial charge >= 0.3 is 35.6 Å². The minimum Gasteiger partial charge on any atom is -0.454 e. The number of benzene rings is 2. The predicted molar refractivity (Wildman–Crippen MR) is 153 cm³/mol. The van der Waals surface area contributed by atoms with Gasteiger partial charge in [-0.05, 0) is 41.7 Å². The van der Waals surface area contributed by atoms with Crippen LogP contribution in [0.3, 0.4) is 0 Å². The largest absolute Gasteiger partial charge is 0.674 e. The topological polar surface area (TPSA) is 221 Å². The Balaban J connectivity index is 0. The Morgan fingerprint density at radius 1 is 0.911 bits per heavy atom. The maximum atomic E-state index is 14.2. The molecule has 45 heavy (non-hydrogen) atoms. The first kappa shape index (κ1) is 44.2. The van der Waals surface area contributed by atoms with E-state index in [1.807, 2.05) is 26.0 Å². The third-order valence-electron chi connectivity index (χ3n) is 5.05. The zero-order valence-electron chi connectivity index (χ0n) is 23.1. The molecule has 0 radical (unpaired) electrons. The van der Waals surface area contributed by atoms with E-state index in [0.29, 0.717) is 11.3 Å². The quantitative estimate of drug-likeness (QED) is 0.124. The van der Waals surface area contributed by atoms with Crippen molar-refractivity contribution in [2.45, 2.75) is 20.0 Å². The van der Waals surface area contributed by atoms with Crippen molar-refractivity contribution in [2.75, 3.05) is 0 Å². The molecule has 1 fully saturated rings. The minimum atomic E-state index is -2.67. The van der Waals surface area contributed by atoms with Crippen LogP contribution in [-0.4, -0.2) is 75.7 Å². The summed E-state index contributed by atoms with van der Waals surface area (Å²) in [5.41, 5.74) is -0.0645. The van der Waals surface area contributed by atoms with Crippen molar-refractivity contribution in [3.63, 3.8) is 0 Å². The van der Waals surface area contributed by atoms with Crippen LogP contribution < -0.4 is 4.74 Å². The van der Waals surface area contributed by atoms with Crippen LogP contribution in [0.5, 0.6) is 11.5 Å². The van der Waals surface area contributed by atoms with E-state index in [0.717, 1.165) is 0 Å². The van der Waals surface area contributed by atoms with E-state index in [1.165, 1.54) is 18.2 Å². The summed E-state index contributed by atoms with van der Waals surface area (Å²) in [6.45, 7) is 3.78. The standard InChI is InChI=1S/C22H18Cl2FNO3.4BFH2O2/c1-22(2)15(11-19(23)24)20(22)21(27)29-18(12-26)13-8-9-16(25)17(10-13)28-14-6-4-3-5-7-14;4*2-1(3)4/h3-11,15,18,20H,1-2H3;4*3-4H. The molecular weight excluding hydrogens is 663 g/mol. The Hall–Kier alpha value is -2.89. The van der Waals surface area contributed by atoms with Crippen LogP contribution in [0.25, 0.3) is 0 Å². The number of rotatable bonds is 6. The van der Waals surface area contributed by atoms with Crippen LogP contribution in [-0.2, 0) is 9.53 Å². The molecule has 0 aromatic heterocycles. The molecule has 2 aromatic rings. The van der Waals surface area contributed by atoms with E-state index < -0.39 is 53.4 Å². The number of nitriles is 1. The Labute approximate surface area is 265 Å². The van der Waals surface area contributed by atoms with Crippen molar-refractivity contribution < 1.29 is 76.1 Å². The van der Waals surface area contributed by atoms with Gasteiger partial charge in [0.15, 0.2) is 11.6 Å². The van der Waals surface area contributed by atoms with E-state index in [9.17, 15) is 31.7 Å². The first-order valence-electron chi connectivity index (χ1n) is 11.8. The lowest BCUT2D eigenvalue weighted by atomic mass is 10.1. The number of hydrogen-bond donors (Lipinski definition) is 8. The van der Waals surface area contributed by atoms with E-state index in [4.69, 9.17) is 72.9 Å². The fourth-order valence-electron chi connectivity index (χ4n) is 3.31. The molecule has 0 spiro atoms. The number of halogens is 7. The van der Waals surface area contributed by atoms with Gasteiger partial charge in [-0.1, -0.05) is 61.3 Å². The number of esters is 1. The normalized spacial score (nSPS) is 15.4. The maximum Gasteiger partial charge on any atom is 0.674 e. The van der Waals surface area contributed by atoms with E-state index in [2.05, 4.69) is 0 Å². The van der Waals surface area contributed by atoms with E-state index in [1.54, 1.807) is 30.3 Å². The molecule has 1 aliphatic carbocycles. The van der Waals surface area contributed by atoms with Gasteiger partial charge in [0, 0.05) is 5.56 Å². The van der Waals surface area contributed by atoms with E-state index in [-0.39, 0.29) is 21.6 Å². The Bertz CT molecular complexity index is 1180. The molecular formula is C22H26B4Cl2F5NO11. The van der Waals surface area contributed by atoms with Gasteiger partial charge in [-0.2, -0.15) is 5.26 Å². The number of para-hydroxylation sites is 1. The van der Waals surface area contributed by atoms with Crippen LogP contribution in [0, 0.1) is 34.4 Å². The molecule has 0 amide bonds. The zero-order valence-corrected chi connectivity index (χ0v) is 24.6. The molecule has 8 N–H and O–H groups in total. The number of ether oxygens (including phenoxy) is 2. The van der Waals surface area contributed by atoms with Crippen molar-refractivity contribution in [1.29, 1.82) is 5.26 Å². The van der Waals surface area contributed by atoms with E-state index >= 15 is 0 Å². The third kappa shape index (κ3) is 21.5. The molecule has 0 saturated heterocycles. The van der Waals surface area contributed by atoms with Crippen molar-refractivity contribution in [2.24, 2.45) is 17.3 Å². The minimum absolute atomic E-state index is 0.0634. The smallest absolute Gasteiger partial charge is 0.454 e. The molecule has 0 bridgehead atoms. The lowest BCUT2D eigenvalue weighted by molar-refractivity contribution is -0.149. The van der Waals surface area contributed by atoms with Gasteiger partial charge < -0.3 is 49.7 Å². The van der Waals surface area contributed by atoms with Gasteiger partial charge in [-0.3, -0.25) is 22.1 Å². The second-order valence-corrected chi connectivity index (χ2v) is 9.58. The molecule has 3 rings (SSSR count). The average molecular weight is 690 g/mol. The summed E-state index contributed by atoms with van der Waals surface area (Å²) < 4.78 is 65.6. The average Bonchev–Trinajstić information content (AvgIpc) is 3.41. The van der Waals surface area contributed by atoms with Crippen LogP contribution >= 0.6 is 23.2 Å². The van der Waals surface area contributed by atoms with Gasteiger partial charge in [0.25, 0.3) is 0 Å². The second-order valence-electron chi connectivity index (χ2n) is 8.57. The van der Waals surface area contributed by atoms with Crippen molar-refractivity contribution in [1.82, 2.24) is 0 Å². The molecule has 23 heteroatoms. The van der Waals surface area contributed by atoms with Gasteiger partial charge in [0.2, 0.25) is 6.10 Å². The number of nitrogens with zero attached hydrogens (tertiary/aromatic N) is 1. The first-order valence-corrected chi connectivity index (χ1v) is 12.6. The molecule has 12 nitrogen and oxygen atoms in total. The highest BCUT2D eigenvalue weighted by molar-refractivity contribution is 6.55. The monoisotopic (exact) mass is 689 g/mol. The van der Waals surface area contributed by atoms with Gasteiger partial charge in [0.05, 0.1) is 5.92 Å². The van der Waals surface area contributed by atoms with Crippen molar-refractivity contribution in [3.05, 3.63) is 70.5 Å². The summed E-state index contributed by atoms with van der Waals surface area (Å²) in [5.74, 6) is -1.39. The van der Waals surface area contributed by atoms with Crippen LogP contribution in [0.15, 0.2) is 59.1 Å². The molecule has 0 heterocycles. The molecule has 0 aliphatic heterocycles. The molecule has 3 atom stereocenters. The molecule has 246 valence electrons. The highest BCUT2D eigenvalue weighted by atomic mass is 35.5. The number of carbonyl (C=O) groups excluding carboxylic acids is 1. The van der Waals surface area contributed by atoms with Crippen LogP contribution in [0.2, 0.25) is 0 Å². The third-order valence-corrected chi connectivity index (χ3v) is 5.30. The number of carbonyl (C=O) groups is 1. The summed E-state index contributed by atoms with van der Waals surface area (Å²) in [5, 5.41) is 65.1. The number of hydrogen-bond acceptors (Lipinski definition) is 12. The summed E-state index contributed by atoms with van der Waals surface area (Å²) in [4.78, 5) is 12.6. The predicted octanol–water partition coefficient (Wildman–Crippen LogP) is 2.02. The Morgan fingerprint density at radius 2 is 1.36 bits per heavy atom. The molecule has 3 unspecified atom stereocenters. The first-order chi connectivity index (χ1) is 20.7. The molecule has 1 aliphatic rings. The SMILES string of the molecule is CC1(C)C(C=C(Cl)Cl)C1C(=O)OC(C#N)c1ccc(F)c(Oc2ccccc2)c1.OB(O)F.OB(O)F.OB(O)F.OB(O)F. The van der Waals surface area contributed by atoms with Crippen LogP contribution in [0.4, 0.5) is 21.7 Å². The zero-order chi connectivity index (χ0) is 35.5. The number of allylic oxidation sites excluding steroid dienone is 1. The maximum absolute atomic E-state index is 14.2. The Kier molecular flexibility index (Phi) is 22.2. The fourth-order valence-corrected chi connectivity index (χ4v) is 3.58. The lowest BCUT2D eigenvalue weighted by Crippen LogP contribution is -2.14. The second kappa shape index (κ2) is 22.6. The van der Waals surface area contributed by atoms with Crippen molar-refractivity contribution in [3.8, 4) is 17.6 Å². The van der Waals surface area contributed by atoms with Crippen LogP contribution in [0.1, 0.15) is 25.5 Å². The van der Waals surface area contributed by atoms with Gasteiger partial charge in [-0.15, -0.1) is 0 Å². The highest BCUT2D eigenvalue weighted by Gasteiger charge is 2.62. The van der Waals surface area contributed by atoms with Gasteiger partial charge in [-0.25, -0.2) is 4.39 Å². The summed E-state index contributed by atoms with van der Waals surface area (Å²) >= 11 is 11.4. The lowest BCUT2D eigenvalue weighted by Gasteiger charge is -2.14. The summed E-state index contributed by atoms with van der Waals surface area (Å²) in [6.07, 6.45) is 0.397.